The molecule has 0 spiro atoms. The Labute approximate surface area is 105 Å². The van der Waals surface area contributed by atoms with Gasteiger partial charge in [0.2, 0.25) is 5.78 Å². The monoisotopic (exact) mass is 237 g/mol. The van der Waals surface area contributed by atoms with Crippen LogP contribution in [0.3, 0.4) is 0 Å². The lowest BCUT2D eigenvalue weighted by Gasteiger charge is -2.19. The van der Waals surface area contributed by atoms with E-state index < -0.39 is 0 Å². The van der Waals surface area contributed by atoms with E-state index >= 15 is 0 Å². The topological polar surface area (TPSA) is 38.7 Å². The molecule has 0 saturated carbocycles. The summed E-state index contributed by atoms with van der Waals surface area (Å²) >= 11 is 0. The van der Waals surface area contributed by atoms with E-state index in [1.54, 1.807) is 0 Å². The molecule has 0 N–H and O–H groups in total. The van der Waals surface area contributed by atoms with Crippen molar-refractivity contribution >= 4 is 11.5 Å². The predicted molar refractivity (Wildman–Crippen MR) is 69.8 cm³/mol. The van der Waals surface area contributed by atoms with Crippen LogP contribution in [-0.4, -0.2) is 18.6 Å². The molecule has 18 heavy (non-hydrogen) atoms. The van der Waals surface area contributed by atoms with E-state index in [-0.39, 0.29) is 5.78 Å². The van der Waals surface area contributed by atoms with Crippen LogP contribution in [0.5, 0.6) is 0 Å². The fraction of sp³-hybridized carbons (Fsp3) is 0.0667. The van der Waals surface area contributed by atoms with Crippen molar-refractivity contribution in [3.05, 3.63) is 59.7 Å². The third kappa shape index (κ3) is 1.44. The first kappa shape index (κ1) is 10.7. The molecule has 0 unspecified atom stereocenters. The first-order chi connectivity index (χ1) is 8.83. The molecule has 2 aromatic rings. The van der Waals surface area contributed by atoms with Gasteiger partial charge in [-0.3, -0.25) is 4.79 Å². The summed E-state index contributed by atoms with van der Waals surface area (Å²) in [5.74, 6) is -0.0915. The molecule has 3 rings (SSSR count). The third-order valence-corrected chi connectivity index (χ3v) is 3.04. The van der Waals surface area contributed by atoms with Gasteiger partial charge in [0.15, 0.2) is 5.71 Å². The van der Waals surface area contributed by atoms with Crippen LogP contribution in [0.25, 0.3) is 11.1 Å². The van der Waals surface area contributed by atoms with Gasteiger partial charge >= 0.3 is 0 Å². The third-order valence-electron chi connectivity index (χ3n) is 3.04. The van der Waals surface area contributed by atoms with Crippen LogP contribution < -0.4 is 0 Å². The number of fused-ring (bicyclic) bond motifs is 3. The quantitative estimate of drug-likeness (QED) is 0.715. The fourth-order valence-electron chi connectivity index (χ4n) is 2.27. The Morgan fingerprint density at radius 3 is 1.94 bits per heavy atom. The maximum Gasteiger partial charge on any atom is 0.216 e. The number of carbonyl (C=O) groups is 1. The van der Waals surface area contributed by atoms with Gasteiger partial charge in [-0.05, 0) is 11.1 Å². The molecule has 88 valence electrons. The van der Waals surface area contributed by atoms with Crippen molar-refractivity contribution in [3.8, 4) is 11.1 Å². The second kappa shape index (κ2) is 4.11. The van der Waals surface area contributed by atoms with E-state index in [0.29, 0.717) is 11.3 Å². The van der Waals surface area contributed by atoms with Gasteiger partial charge < -0.3 is 4.84 Å². The smallest absolute Gasteiger partial charge is 0.216 e. The van der Waals surface area contributed by atoms with Gasteiger partial charge in [-0.2, -0.15) is 0 Å². The van der Waals surface area contributed by atoms with Crippen LogP contribution in [0.15, 0.2) is 53.7 Å². The molecule has 1 aliphatic carbocycles. The summed E-state index contributed by atoms with van der Waals surface area (Å²) in [6, 6.07) is 15.3. The molecule has 3 heteroatoms. The number of ketones is 1. The molecule has 0 radical (unpaired) electrons. The van der Waals surface area contributed by atoms with Gasteiger partial charge in [-0.1, -0.05) is 53.7 Å². The van der Waals surface area contributed by atoms with Gasteiger partial charge in [0.25, 0.3) is 0 Å². The zero-order valence-corrected chi connectivity index (χ0v) is 9.88. The summed E-state index contributed by atoms with van der Waals surface area (Å²) in [5, 5.41) is 3.87. The Bertz CT molecular complexity index is 659. The molecule has 2 aromatic carbocycles. The van der Waals surface area contributed by atoms with Crippen molar-refractivity contribution in [2.45, 2.75) is 0 Å². The lowest BCUT2D eigenvalue weighted by atomic mass is 9.83. The summed E-state index contributed by atoms with van der Waals surface area (Å²) in [7, 11) is 1.45. The highest BCUT2D eigenvalue weighted by molar-refractivity contribution is 6.54. The maximum atomic E-state index is 12.4. The van der Waals surface area contributed by atoms with Crippen LogP contribution in [0.2, 0.25) is 0 Å². The number of hydrogen-bond donors (Lipinski definition) is 0. The van der Waals surface area contributed by atoms with E-state index in [2.05, 4.69) is 5.16 Å². The minimum atomic E-state index is -0.0915. The Morgan fingerprint density at radius 2 is 1.33 bits per heavy atom. The minimum absolute atomic E-state index is 0.0915. The Hall–Kier alpha value is -2.42. The molecule has 1 aliphatic rings. The number of benzene rings is 2. The van der Waals surface area contributed by atoms with E-state index in [4.69, 9.17) is 4.84 Å². The van der Waals surface area contributed by atoms with Gasteiger partial charge in [0.05, 0.1) is 0 Å². The first-order valence-electron chi connectivity index (χ1n) is 5.67. The van der Waals surface area contributed by atoms with E-state index in [9.17, 15) is 4.79 Å². The zero-order chi connectivity index (χ0) is 12.5. The minimum Gasteiger partial charge on any atom is -0.399 e. The van der Waals surface area contributed by atoms with Crippen molar-refractivity contribution in [1.29, 1.82) is 0 Å². The largest absolute Gasteiger partial charge is 0.399 e. The van der Waals surface area contributed by atoms with E-state index in [1.165, 1.54) is 7.11 Å². The maximum absolute atomic E-state index is 12.4. The van der Waals surface area contributed by atoms with Crippen molar-refractivity contribution < 1.29 is 9.63 Å². The van der Waals surface area contributed by atoms with E-state index in [0.717, 1.165) is 16.7 Å². The van der Waals surface area contributed by atoms with E-state index in [1.807, 2.05) is 48.5 Å². The normalized spacial score (nSPS) is 15.2. The lowest BCUT2D eigenvalue weighted by molar-refractivity contribution is 0.105. The number of rotatable bonds is 1. The molecule has 0 aliphatic heterocycles. The fourth-order valence-corrected chi connectivity index (χ4v) is 2.27. The Kier molecular flexibility index (Phi) is 2.45. The highest BCUT2D eigenvalue weighted by atomic mass is 16.6. The predicted octanol–water partition coefficient (Wildman–Crippen LogP) is 2.90. The highest BCUT2D eigenvalue weighted by Gasteiger charge is 2.28. The number of carbonyl (C=O) groups excluding carboxylic acids is 1. The average Bonchev–Trinajstić information content (AvgIpc) is 2.43. The molecular formula is C15H11NO2. The summed E-state index contributed by atoms with van der Waals surface area (Å²) in [6.07, 6.45) is 0. The second-order valence-electron chi connectivity index (χ2n) is 4.04. The van der Waals surface area contributed by atoms with Crippen LogP contribution in [0, 0.1) is 0 Å². The lowest BCUT2D eigenvalue weighted by Crippen LogP contribution is -2.22. The van der Waals surface area contributed by atoms with Crippen LogP contribution in [0.4, 0.5) is 0 Å². The van der Waals surface area contributed by atoms with Crippen LogP contribution in [-0.2, 0) is 4.84 Å². The molecule has 3 nitrogen and oxygen atoms in total. The second-order valence-corrected chi connectivity index (χ2v) is 4.04. The molecule has 0 amide bonds. The van der Waals surface area contributed by atoms with Crippen LogP contribution >= 0.6 is 0 Å². The molecule has 0 heterocycles. The molecule has 0 aromatic heterocycles. The van der Waals surface area contributed by atoms with Gasteiger partial charge in [0.1, 0.15) is 7.11 Å². The molecule has 0 saturated heterocycles. The Morgan fingerprint density at radius 1 is 0.833 bits per heavy atom. The summed E-state index contributed by atoms with van der Waals surface area (Å²) < 4.78 is 0. The number of nitrogens with zero attached hydrogens (tertiary/aromatic N) is 1. The standard InChI is InChI=1S/C15H11NO2/c1-18-16-14-12-8-4-2-6-10(12)11-7-3-5-9-13(11)15(14)17/h2-9H,1H3/b16-14+. The average molecular weight is 237 g/mol. The zero-order valence-electron chi connectivity index (χ0n) is 9.88. The highest BCUT2D eigenvalue weighted by Crippen LogP contribution is 2.33. The molecular weight excluding hydrogens is 226 g/mol. The molecule has 0 fully saturated rings. The van der Waals surface area contributed by atoms with Crippen molar-refractivity contribution in [3.63, 3.8) is 0 Å². The molecule has 0 bridgehead atoms. The summed E-state index contributed by atoms with van der Waals surface area (Å²) in [5.41, 5.74) is 3.83. The first-order valence-corrected chi connectivity index (χ1v) is 5.67. The molecule has 0 atom stereocenters. The van der Waals surface area contributed by atoms with Crippen LogP contribution in [0.1, 0.15) is 15.9 Å². The van der Waals surface area contributed by atoms with Crippen molar-refractivity contribution in [2.75, 3.05) is 7.11 Å². The van der Waals surface area contributed by atoms with Crippen molar-refractivity contribution in [2.24, 2.45) is 5.16 Å². The van der Waals surface area contributed by atoms with Crippen molar-refractivity contribution in [1.82, 2.24) is 0 Å². The summed E-state index contributed by atoms with van der Waals surface area (Å²) in [6.45, 7) is 0. The van der Waals surface area contributed by atoms with Gasteiger partial charge in [-0.25, -0.2) is 0 Å². The SMILES string of the molecule is CO/N=C1/C(=O)c2ccccc2-c2ccccc21. The Balaban J connectivity index is 2.35. The van der Waals surface area contributed by atoms with Gasteiger partial charge in [0, 0.05) is 11.1 Å². The summed E-state index contributed by atoms with van der Waals surface area (Å²) in [4.78, 5) is 17.1. The number of Topliss-reactive ketones (excluding diaryl/α,β-unsaturated/α-hetero) is 1. The number of oxime groups is 1. The van der Waals surface area contributed by atoms with Gasteiger partial charge in [-0.15, -0.1) is 0 Å². The number of hydrogen-bond acceptors (Lipinski definition) is 3.